The highest BCUT2D eigenvalue weighted by Gasteiger charge is 2.40. The lowest BCUT2D eigenvalue weighted by molar-refractivity contribution is -0.0907. The van der Waals surface area contributed by atoms with Gasteiger partial charge in [0.1, 0.15) is 0 Å². The fourth-order valence-corrected chi connectivity index (χ4v) is 1.44. The van der Waals surface area contributed by atoms with Crippen molar-refractivity contribution in [3.63, 3.8) is 0 Å². The Bertz CT molecular complexity index is 115. The van der Waals surface area contributed by atoms with E-state index < -0.39 is 0 Å². The second-order valence-electron chi connectivity index (χ2n) is 2.59. The third-order valence-corrected chi connectivity index (χ3v) is 2.01. The first-order chi connectivity index (χ1) is 4.38. The van der Waals surface area contributed by atoms with Crippen LogP contribution < -0.4 is 0 Å². The van der Waals surface area contributed by atoms with Crippen LogP contribution in [0.25, 0.3) is 0 Å². The Labute approximate surface area is 53.6 Å². The van der Waals surface area contributed by atoms with Gasteiger partial charge in [-0.05, 0) is 6.42 Å². The number of hydrogen-bond donors (Lipinski definition) is 1. The van der Waals surface area contributed by atoms with E-state index in [4.69, 9.17) is 9.47 Å². The Hall–Kier alpha value is -0.120. The van der Waals surface area contributed by atoms with E-state index >= 15 is 0 Å². The zero-order valence-electron chi connectivity index (χ0n) is 5.12. The number of aliphatic hydroxyl groups excluding tert-OH is 1. The van der Waals surface area contributed by atoms with Gasteiger partial charge in [-0.2, -0.15) is 0 Å². The Morgan fingerprint density at radius 2 is 2.22 bits per heavy atom. The van der Waals surface area contributed by atoms with Gasteiger partial charge in [0.05, 0.1) is 19.3 Å². The molecule has 2 aliphatic heterocycles. The normalized spacial score (nSPS) is 49.7. The van der Waals surface area contributed by atoms with Crippen LogP contribution >= 0.6 is 0 Å². The molecular weight excluding hydrogens is 120 g/mol. The number of fused-ring (bicyclic) bond motifs is 1. The maximum Gasteiger partial charge on any atom is 0.163 e. The molecule has 2 rings (SSSR count). The van der Waals surface area contributed by atoms with Crippen molar-refractivity contribution in [3.05, 3.63) is 0 Å². The molecule has 2 aliphatic rings. The molecule has 3 nitrogen and oxygen atoms in total. The third-order valence-electron chi connectivity index (χ3n) is 2.01. The van der Waals surface area contributed by atoms with Crippen molar-refractivity contribution in [2.24, 2.45) is 5.92 Å². The summed E-state index contributed by atoms with van der Waals surface area (Å²) >= 11 is 0. The van der Waals surface area contributed by atoms with Crippen molar-refractivity contribution in [2.75, 3.05) is 13.2 Å². The molecule has 52 valence electrons. The maximum atomic E-state index is 9.19. The number of ether oxygens (including phenoxy) is 2. The van der Waals surface area contributed by atoms with E-state index in [1.807, 2.05) is 0 Å². The molecule has 3 atom stereocenters. The average Bonchev–Trinajstić information content (AvgIpc) is 2.35. The molecule has 0 aliphatic carbocycles. The summed E-state index contributed by atoms with van der Waals surface area (Å²) in [4.78, 5) is 0. The summed E-state index contributed by atoms with van der Waals surface area (Å²) in [5.74, 6) is 0.255. The van der Waals surface area contributed by atoms with Crippen LogP contribution in [-0.4, -0.2) is 30.7 Å². The summed E-state index contributed by atoms with van der Waals surface area (Å²) in [6, 6.07) is 0. The Kier molecular flexibility index (Phi) is 1.22. The molecule has 0 radical (unpaired) electrons. The van der Waals surface area contributed by atoms with E-state index in [-0.39, 0.29) is 18.3 Å². The number of hydrogen-bond acceptors (Lipinski definition) is 3. The second kappa shape index (κ2) is 1.94. The van der Waals surface area contributed by atoms with Crippen LogP contribution in [0.4, 0.5) is 0 Å². The fraction of sp³-hybridized carbons (Fsp3) is 1.00. The smallest absolute Gasteiger partial charge is 0.163 e. The van der Waals surface area contributed by atoms with Crippen LogP contribution in [0.2, 0.25) is 0 Å². The first kappa shape index (κ1) is 5.65. The topological polar surface area (TPSA) is 38.7 Å². The summed E-state index contributed by atoms with van der Waals surface area (Å²) in [5.41, 5.74) is 0. The van der Waals surface area contributed by atoms with Gasteiger partial charge in [-0.25, -0.2) is 0 Å². The summed E-state index contributed by atoms with van der Waals surface area (Å²) in [7, 11) is 0. The zero-order chi connectivity index (χ0) is 6.27. The molecule has 1 N–H and O–H groups in total. The first-order valence-corrected chi connectivity index (χ1v) is 3.29. The van der Waals surface area contributed by atoms with Crippen LogP contribution in [0.15, 0.2) is 0 Å². The quantitative estimate of drug-likeness (QED) is 0.491. The van der Waals surface area contributed by atoms with Crippen molar-refractivity contribution < 1.29 is 14.6 Å². The highest BCUT2D eigenvalue weighted by Crippen LogP contribution is 2.30. The van der Waals surface area contributed by atoms with Gasteiger partial charge < -0.3 is 14.6 Å². The molecule has 0 aromatic carbocycles. The average molecular weight is 130 g/mol. The Balaban J connectivity index is 2.07. The molecule has 0 aromatic heterocycles. The molecule has 0 aromatic rings. The van der Waals surface area contributed by atoms with Gasteiger partial charge in [0.15, 0.2) is 6.29 Å². The summed E-state index contributed by atoms with van der Waals surface area (Å²) in [5, 5.41) is 9.19. The number of rotatable bonds is 0. The summed E-state index contributed by atoms with van der Waals surface area (Å²) in [6.45, 7) is 1.20. The van der Waals surface area contributed by atoms with Crippen molar-refractivity contribution in [3.8, 4) is 0 Å². The van der Waals surface area contributed by atoms with E-state index in [0.29, 0.717) is 6.61 Å². The molecule has 3 heteroatoms. The van der Waals surface area contributed by atoms with Crippen LogP contribution in [0.3, 0.4) is 0 Å². The standard InChI is InChI=1S/C6H10O3/c7-5-3-9-6-4(5)1-2-8-6/h4-7H,1-3H2/t4-,5?,6?/m0/s1. The molecule has 2 heterocycles. The molecule has 0 amide bonds. The lowest BCUT2D eigenvalue weighted by Crippen LogP contribution is -2.18. The second-order valence-corrected chi connectivity index (χ2v) is 2.59. The van der Waals surface area contributed by atoms with Crippen molar-refractivity contribution >= 4 is 0 Å². The minimum atomic E-state index is -0.280. The van der Waals surface area contributed by atoms with E-state index in [0.717, 1.165) is 13.0 Å². The molecule has 2 saturated heterocycles. The molecule has 0 saturated carbocycles. The third kappa shape index (κ3) is 0.764. The van der Waals surface area contributed by atoms with Crippen LogP contribution in [0, 0.1) is 5.92 Å². The van der Waals surface area contributed by atoms with Gasteiger partial charge >= 0.3 is 0 Å². The lowest BCUT2D eigenvalue weighted by Gasteiger charge is -2.06. The Morgan fingerprint density at radius 1 is 1.33 bits per heavy atom. The van der Waals surface area contributed by atoms with Gasteiger partial charge in [-0.3, -0.25) is 0 Å². The summed E-state index contributed by atoms with van der Waals surface area (Å²) in [6.07, 6.45) is 0.573. The van der Waals surface area contributed by atoms with Gasteiger partial charge in [-0.15, -0.1) is 0 Å². The monoisotopic (exact) mass is 130 g/mol. The van der Waals surface area contributed by atoms with E-state index in [2.05, 4.69) is 0 Å². The van der Waals surface area contributed by atoms with Crippen molar-refractivity contribution in [2.45, 2.75) is 18.8 Å². The fourth-order valence-electron chi connectivity index (χ4n) is 1.44. The molecule has 0 bridgehead atoms. The zero-order valence-corrected chi connectivity index (χ0v) is 5.12. The Morgan fingerprint density at radius 3 is 3.00 bits per heavy atom. The predicted molar refractivity (Wildman–Crippen MR) is 29.8 cm³/mol. The van der Waals surface area contributed by atoms with E-state index in [1.165, 1.54) is 0 Å². The number of aliphatic hydroxyl groups is 1. The molecule has 9 heavy (non-hydrogen) atoms. The largest absolute Gasteiger partial charge is 0.390 e. The predicted octanol–water partition coefficient (Wildman–Crippen LogP) is -0.260. The van der Waals surface area contributed by atoms with E-state index in [9.17, 15) is 5.11 Å². The van der Waals surface area contributed by atoms with Crippen LogP contribution in [-0.2, 0) is 9.47 Å². The van der Waals surface area contributed by atoms with Gasteiger partial charge in [0, 0.05) is 5.92 Å². The minimum absolute atomic E-state index is 0.0972. The maximum absolute atomic E-state index is 9.19. The highest BCUT2D eigenvalue weighted by molar-refractivity contribution is 4.81. The SMILES string of the molecule is OC1COC2OCC[C@@H]12. The van der Waals surface area contributed by atoms with Crippen LogP contribution in [0.1, 0.15) is 6.42 Å². The molecule has 2 fully saturated rings. The molecule has 2 unspecified atom stereocenters. The molecule has 0 spiro atoms. The molecular formula is C6H10O3. The first-order valence-electron chi connectivity index (χ1n) is 3.29. The van der Waals surface area contributed by atoms with Gasteiger partial charge in [0.2, 0.25) is 0 Å². The van der Waals surface area contributed by atoms with Gasteiger partial charge in [0.25, 0.3) is 0 Å². The van der Waals surface area contributed by atoms with Gasteiger partial charge in [-0.1, -0.05) is 0 Å². The lowest BCUT2D eigenvalue weighted by atomic mass is 10.0. The van der Waals surface area contributed by atoms with Crippen molar-refractivity contribution in [1.82, 2.24) is 0 Å². The van der Waals surface area contributed by atoms with E-state index in [1.54, 1.807) is 0 Å². The van der Waals surface area contributed by atoms with Crippen LogP contribution in [0.5, 0.6) is 0 Å². The minimum Gasteiger partial charge on any atom is -0.390 e. The highest BCUT2D eigenvalue weighted by atomic mass is 16.7. The summed E-state index contributed by atoms with van der Waals surface area (Å²) < 4.78 is 10.3. The van der Waals surface area contributed by atoms with Crippen molar-refractivity contribution in [1.29, 1.82) is 0 Å².